The molecule has 0 spiro atoms. The van der Waals surface area contributed by atoms with E-state index < -0.39 is 0 Å². The molecule has 1 aromatic rings. The minimum atomic E-state index is -0.385. The van der Waals surface area contributed by atoms with Crippen molar-refractivity contribution in [3.63, 3.8) is 0 Å². The minimum Gasteiger partial charge on any atom is -0.328 e. The first-order chi connectivity index (χ1) is 7.31. The third-order valence-electron chi connectivity index (χ3n) is 3.02. The van der Waals surface area contributed by atoms with Crippen molar-refractivity contribution in [3.8, 4) is 6.07 Å². The van der Waals surface area contributed by atoms with Crippen LogP contribution in [0.3, 0.4) is 0 Å². The normalized spacial score (nSPS) is 16.2. The third-order valence-corrected chi connectivity index (χ3v) is 3.02. The number of halogens is 1. The number of nitrogens with zero attached hydrogens (tertiary/aromatic N) is 1. The van der Waals surface area contributed by atoms with Gasteiger partial charge in [0.25, 0.3) is 0 Å². The van der Waals surface area contributed by atoms with Crippen molar-refractivity contribution in [1.82, 2.24) is 0 Å². The molecule has 16 heavy (non-hydrogen) atoms. The van der Waals surface area contributed by atoms with E-state index in [4.69, 9.17) is 5.26 Å². The molecule has 1 saturated carbocycles. The van der Waals surface area contributed by atoms with Gasteiger partial charge < -0.3 is 6.42 Å². The summed E-state index contributed by atoms with van der Waals surface area (Å²) in [5.41, 5.74) is 1.18. The molecule has 3 heteroatoms. The Morgan fingerprint density at radius 3 is 2.56 bits per heavy atom. The molecule has 1 aliphatic rings. The van der Waals surface area contributed by atoms with E-state index in [-0.39, 0.29) is 69.6 Å². The van der Waals surface area contributed by atoms with Gasteiger partial charge in [-0.15, -0.1) is 0 Å². The summed E-state index contributed by atoms with van der Waals surface area (Å²) < 4.78 is 13.4. The van der Waals surface area contributed by atoms with Crippen LogP contribution < -0.4 is 58.2 Å². The van der Waals surface area contributed by atoms with Crippen molar-refractivity contribution in [2.75, 3.05) is 0 Å². The molecule has 1 fully saturated rings. The van der Waals surface area contributed by atoms with Crippen LogP contribution in [0, 0.1) is 23.6 Å². The summed E-state index contributed by atoms with van der Waals surface area (Å²) in [5.74, 6) is 0.0850. The topological polar surface area (TPSA) is 23.8 Å². The number of hydrogen-bond donors (Lipinski definition) is 0. The maximum atomic E-state index is 13.4. The fraction of sp³-hybridized carbons (Fsp3) is 0.385. The van der Waals surface area contributed by atoms with Gasteiger partial charge in [-0.1, -0.05) is 18.9 Å². The van der Waals surface area contributed by atoms with Crippen LogP contribution in [0.2, 0.25) is 0 Å². The number of hydrogen-bond acceptors (Lipinski definition) is 1. The quantitative estimate of drug-likeness (QED) is 0.693. The van der Waals surface area contributed by atoms with Gasteiger partial charge in [-0.2, -0.15) is 18.1 Å². The molecular weight excluding hydrogens is 275 g/mol. The molecule has 1 nitrogen and oxygen atoms in total. The van der Waals surface area contributed by atoms with Crippen LogP contribution in [-0.2, 0) is 0 Å². The molecule has 0 atom stereocenters. The monoisotopic (exact) mass is 287 g/mol. The van der Waals surface area contributed by atoms with Crippen molar-refractivity contribution in [3.05, 3.63) is 41.6 Å². The van der Waals surface area contributed by atoms with E-state index in [1.54, 1.807) is 6.07 Å². The van der Waals surface area contributed by atoms with Gasteiger partial charge in [0.15, 0.2) is 0 Å². The van der Waals surface area contributed by atoms with Gasteiger partial charge in [0.2, 0.25) is 0 Å². The maximum absolute atomic E-state index is 13.4. The Morgan fingerprint density at radius 1 is 1.31 bits per heavy atom. The van der Waals surface area contributed by atoms with E-state index in [9.17, 15) is 4.39 Å². The summed E-state index contributed by atoms with van der Waals surface area (Å²) in [7, 11) is 0. The van der Waals surface area contributed by atoms with E-state index in [2.05, 4.69) is 6.42 Å². The van der Waals surface area contributed by atoms with Crippen molar-refractivity contribution < 1.29 is 62.6 Å². The van der Waals surface area contributed by atoms with Gasteiger partial charge in [0.1, 0.15) is 11.9 Å². The SMILES string of the molecule is N#Cc1ccc(C2CC[CH-]CC2)cc1F.[Rb+]. The van der Waals surface area contributed by atoms with Crippen LogP contribution in [-0.4, -0.2) is 0 Å². The summed E-state index contributed by atoms with van der Waals surface area (Å²) >= 11 is 0. The van der Waals surface area contributed by atoms with Crippen LogP contribution in [0.1, 0.15) is 42.7 Å². The molecule has 78 valence electrons. The second-order valence-electron chi connectivity index (χ2n) is 3.99. The molecule has 0 aliphatic heterocycles. The summed E-state index contributed by atoms with van der Waals surface area (Å²) in [6.45, 7) is 0. The largest absolute Gasteiger partial charge is 1.00 e. The van der Waals surface area contributed by atoms with Gasteiger partial charge in [-0.3, -0.25) is 0 Å². The Labute approximate surface area is 145 Å². The zero-order valence-corrected chi connectivity index (χ0v) is 14.5. The fourth-order valence-electron chi connectivity index (χ4n) is 2.14. The predicted octanol–water partition coefficient (Wildman–Crippen LogP) is 0.563. The van der Waals surface area contributed by atoms with Crippen LogP contribution in [0.15, 0.2) is 18.2 Å². The first-order valence-electron chi connectivity index (χ1n) is 5.32. The molecule has 0 aromatic heterocycles. The van der Waals surface area contributed by atoms with E-state index in [0.29, 0.717) is 5.92 Å². The molecule has 1 aliphatic carbocycles. The standard InChI is InChI=1S/C13H13FN.Rb/c14-13-8-11(6-7-12(13)9-15)10-4-2-1-3-5-10;/h1,6-8,10H,2-5H2;/q-1;+1. The first kappa shape index (κ1) is 14.5. The van der Waals surface area contributed by atoms with Crippen LogP contribution in [0.25, 0.3) is 0 Å². The van der Waals surface area contributed by atoms with Crippen molar-refractivity contribution in [2.24, 2.45) is 0 Å². The van der Waals surface area contributed by atoms with Gasteiger partial charge in [0.05, 0.1) is 5.56 Å². The molecule has 2 rings (SSSR count). The van der Waals surface area contributed by atoms with Gasteiger partial charge >= 0.3 is 58.2 Å². The van der Waals surface area contributed by atoms with Gasteiger partial charge in [-0.05, 0) is 23.6 Å². The Balaban J connectivity index is 0.00000128. The Bertz CT molecular complexity index is 391. The first-order valence-corrected chi connectivity index (χ1v) is 5.32. The van der Waals surface area contributed by atoms with E-state index in [1.165, 1.54) is 6.07 Å². The van der Waals surface area contributed by atoms with E-state index in [1.807, 2.05) is 12.1 Å². The van der Waals surface area contributed by atoms with Crippen molar-refractivity contribution in [1.29, 1.82) is 5.26 Å². The van der Waals surface area contributed by atoms with E-state index >= 15 is 0 Å². The zero-order chi connectivity index (χ0) is 10.7. The summed E-state index contributed by atoms with van der Waals surface area (Å²) in [4.78, 5) is 0. The van der Waals surface area contributed by atoms with Crippen LogP contribution in [0.4, 0.5) is 4.39 Å². The maximum Gasteiger partial charge on any atom is 1.00 e. The number of rotatable bonds is 1. The summed E-state index contributed by atoms with van der Waals surface area (Å²) in [6, 6.07) is 6.84. The average Bonchev–Trinajstić information content (AvgIpc) is 2.30. The third kappa shape index (κ3) is 3.47. The Morgan fingerprint density at radius 2 is 2.00 bits per heavy atom. The molecule has 1 aromatic carbocycles. The molecule has 0 radical (unpaired) electrons. The smallest absolute Gasteiger partial charge is 0.328 e. The molecule has 0 amide bonds. The van der Waals surface area contributed by atoms with Crippen LogP contribution >= 0.6 is 0 Å². The zero-order valence-electron chi connectivity index (χ0n) is 9.54. The predicted molar refractivity (Wildman–Crippen MR) is 56.6 cm³/mol. The second-order valence-corrected chi connectivity index (χ2v) is 3.99. The van der Waals surface area contributed by atoms with Gasteiger partial charge in [0, 0.05) is 0 Å². The second kappa shape index (κ2) is 7.01. The molecule has 0 N–H and O–H groups in total. The fourth-order valence-corrected chi connectivity index (χ4v) is 2.14. The summed E-state index contributed by atoms with van der Waals surface area (Å²) in [5, 5.41) is 8.62. The molecule has 0 unspecified atom stereocenters. The average molecular weight is 288 g/mol. The van der Waals surface area contributed by atoms with Crippen molar-refractivity contribution >= 4 is 0 Å². The molecule has 0 heterocycles. The Kier molecular flexibility index (Phi) is 6.35. The van der Waals surface area contributed by atoms with E-state index in [0.717, 1.165) is 31.2 Å². The number of nitriles is 1. The Hall–Kier alpha value is 0.445. The van der Waals surface area contributed by atoms with Crippen molar-refractivity contribution in [2.45, 2.75) is 31.6 Å². The number of benzene rings is 1. The van der Waals surface area contributed by atoms with Gasteiger partial charge in [-0.25, -0.2) is 4.39 Å². The molecular formula is C13H13FNRb. The molecule has 0 bridgehead atoms. The minimum absolute atomic E-state index is 0. The van der Waals surface area contributed by atoms with Crippen LogP contribution in [0.5, 0.6) is 0 Å². The summed E-state index contributed by atoms with van der Waals surface area (Å²) in [6.07, 6.45) is 6.73. The molecule has 0 saturated heterocycles.